The Hall–Kier alpha value is -1.46. The summed E-state index contributed by atoms with van der Waals surface area (Å²) >= 11 is 11.5. The molecule has 0 aliphatic heterocycles. The molecule has 0 bridgehead atoms. The summed E-state index contributed by atoms with van der Waals surface area (Å²) in [5.41, 5.74) is -0.383. The maximum absolute atomic E-state index is 12.8. The van der Waals surface area contributed by atoms with Gasteiger partial charge >= 0.3 is 6.18 Å². The topological polar surface area (TPSA) is 22.1 Å². The maximum atomic E-state index is 12.8. The van der Waals surface area contributed by atoms with Gasteiger partial charge in [-0.1, -0.05) is 35.3 Å². The highest BCUT2D eigenvalue weighted by molar-refractivity contribution is 6.32. The van der Waals surface area contributed by atoms with Crippen molar-refractivity contribution in [2.75, 3.05) is 0 Å². The Bertz CT molecular complexity index is 617. The molecule has 0 saturated heterocycles. The second kappa shape index (κ2) is 5.89. The van der Waals surface area contributed by atoms with Crippen molar-refractivity contribution >= 4 is 23.2 Å². The van der Waals surface area contributed by atoms with Crippen molar-refractivity contribution in [1.82, 2.24) is 4.98 Å². The Labute approximate surface area is 123 Å². The van der Waals surface area contributed by atoms with Gasteiger partial charge in [0.1, 0.15) is 22.7 Å². The number of pyridine rings is 1. The van der Waals surface area contributed by atoms with E-state index in [2.05, 4.69) is 4.98 Å². The van der Waals surface area contributed by atoms with Gasteiger partial charge in [-0.15, -0.1) is 0 Å². The summed E-state index contributed by atoms with van der Waals surface area (Å²) in [6.45, 7) is -0.129. The number of aromatic nitrogens is 1. The van der Waals surface area contributed by atoms with E-state index in [1.807, 2.05) is 0 Å². The van der Waals surface area contributed by atoms with Crippen molar-refractivity contribution in [3.05, 3.63) is 57.8 Å². The number of para-hydroxylation sites is 1. The highest BCUT2D eigenvalue weighted by Crippen LogP contribution is 2.36. The third-order valence-electron chi connectivity index (χ3n) is 2.47. The first-order valence-corrected chi connectivity index (χ1v) is 6.23. The van der Waals surface area contributed by atoms with Gasteiger partial charge in [0.2, 0.25) is 0 Å². The van der Waals surface area contributed by atoms with E-state index in [9.17, 15) is 13.2 Å². The van der Waals surface area contributed by atoms with Crippen LogP contribution in [0.1, 0.15) is 11.1 Å². The van der Waals surface area contributed by atoms with Crippen molar-refractivity contribution in [2.24, 2.45) is 0 Å². The molecule has 0 unspecified atom stereocenters. The van der Waals surface area contributed by atoms with E-state index >= 15 is 0 Å². The molecule has 106 valence electrons. The molecule has 0 aliphatic rings. The first kappa shape index (κ1) is 14.9. The largest absolute Gasteiger partial charge is 0.488 e. The number of hydrogen-bond acceptors (Lipinski definition) is 2. The average molecular weight is 322 g/mol. The van der Waals surface area contributed by atoms with Gasteiger partial charge in [-0.05, 0) is 24.3 Å². The average Bonchev–Trinajstić information content (AvgIpc) is 2.37. The van der Waals surface area contributed by atoms with Crippen molar-refractivity contribution in [3.8, 4) is 5.75 Å². The summed E-state index contributed by atoms with van der Waals surface area (Å²) in [6.07, 6.45) is -4.47. The molecule has 0 amide bonds. The lowest BCUT2D eigenvalue weighted by molar-refractivity contribution is -0.139. The smallest absolute Gasteiger partial charge is 0.419 e. The number of alkyl halides is 3. The molecule has 1 aromatic carbocycles. The van der Waals surface area contributed by atoms with E-state index in [4.69, 9.17) is 27.9 Å². The molecule has 20 heavy (non-hydrogen) atoms. The van der Waals surface area contributed by atoms with E-state index < -0.39 is 11.7 Å². The quantitative estimate of drug-likeness (QED) is 0.743. The standard InChI is InChI=1S/C13H8Cl2F3NO/c14-11-6-5-8(12(15)19-11)7-20-10-4-2-1-3-9(10)13(16,17)18/h1-6H,7H2. The molecule has 0 radical (unpaired) electrons. The second-order valence-electron chi connectivity index (χ2n) is 3.87. The summed E-state index contributed by atoms with van der Waals surface area (Å²) < 4.78 is 43.5. The summed E-state index contributed by atoms with van der Waals surface area (Å²) in [4.78, 5) is 3.79. The Morgan fingerprint density at radius 2 is 1.75 bits per heavy atom. The van der Waals surface area contributed by atoms with Crippen LogP contribution < -0.4 is 4.74 Å². The third kappa shape index (κ3) is 3.55. The predicted molar refractivity (Wildman–Crippen MR) is 70.0 cm³/mol. The van der Waals surface area contributed by atoms with Crippen LogP contribution in [0.15, 0.2) is 36.4 Å². The molecule has 1 aromatic heterocycles. The number of benzene rings is 1. The zero-order valence-electron chi connectivity index (χ0n) is 9.92. The van der Waals surface area contributed by atoms with Gasteiger partial charge in [-0.3, -0.25) is 0 Å². The van der Waals surface area contributed by atoms with Gasteiger partial charge in [0.05, 0.1) is 5.56 Å². The molecule has 2 rings (SSSR count). The minimum atomic E-state index is -4.47. The zero-order valence-corrected chi connectivity index (χ0v) is 11.4. The number of rotatable bonds is 3. The van der Waals surface area contributed by atoms with Crippen LogP contribution in [0.3, 0.4) is 0 Å². The molecule has 0 N–H and O–H groups in total. The molecule has 0 atom stereocenters. The fourth-order valence-electron chi connectivity index (χ4n) is 1.53. The molecule has 0 saturated carbocycles. The van der Waals surface area contributed by atoms with Crippen LogP contribution in [-0.4, -0.2) is 4.98 Å². The van der Waals surface area contributed by atoms with Crippen molar-refractivity contribution < 1.29 is 17.9 Å². The summed E-state index contributed by atoms with van der Waals surface area (Å²) in [5.74, 6) is -0.258. The molecule has 0 aliphatic carbocycles. The normalized spacial score (nSPS) is 11.4. The van der Waals surface area contributed by atoms with Crippen LogP contribution in [0.2, 0.25) is 10.3 Å². The predicted octanol–water partition coefficient (Wildman–Crippen LogP) is 4.99. The van der Waals surface area contributed by atoms with E-state index in [1.54, 1.807) is 6.07 Å². The summed E-state index contributed by atoms with van der Waals surface area (Å²) in [6, 6.07) is 8.01. The van der Waals surface area contributed by atoms with Gasteiger partial charge in [-0.25, -0.2) is 4.98 Å². The highest BCUT2D eigenvalue weighted by atomic mass is 35.5. The Kier molecular flexibility index (Phi) is 4.40. The first-order valence-electron chi connectivity index (χ1n) is 5.48. The van der Waals surface area contributed by atoms with Crippen molar-refractivity contribution in [2.45, 2.75) is 12.8 Å². The monoisotopic (exact) mass is 321 g/mol. The zero-order chi connectivity index (χ0) is 14.8. The summed E-state index contributed by atoms with van der Waals surface area (Å²) in [7, 11) is 0. The molecule has 2 nitrogen and oxygen atoms in total. The molecule has 7 heteroatoms. The minimum Gasteiger partial charge on any atom is -0.488 e. The van der Waals surface area contributed by atoms with Gasteiger partial charge in [0, 0.05) is 5.56 Å². The lowest BCUT2D eigenvalue weighted by atomic mass is 10.2. The fraction of sp³-hybridized carbons (Fsp3) is 0.154. The molecule has 0 spiro atoms. The lowest BCUT2D eigenvalue weighted by Crippen LogP contribution is -2.08. The van der Waals surface area contributed by atoms with Crippen molar-refractivity contribution in [3.63, 3.8) is 0 Å². The lowest BCUT2D eigenvalue weighted by Gasteiger charge is -2.14. The van der Waals surface area contributed by atoms with Crippen LogP contribution in [-0.2, 0) is 12.8 Å². The van der Waals surface area contributed by atoms with Crippen LogP contribution in [0.5, 0.6) is 5.75 Å². The number of nitrogens with zero attached hydrogens (tertiary/aromatic N) is 1. The molecular weight excluding hydrogens is 314 g/mol. The van der Waals surface area contributed by atoms with Crippen LogP contribution in [0.4, 0.5) is 13.2 Å². The van der Waals surface area contributed by atoms with Crippen LogP contribution in [0, 0.1) is 0 Å². The van der Waals surface area contributed by atoms with Gasteiger partial charge in [-0.2, -0.15) is 13.2 Å². The van der Waals surface area contributed by atoms with E-state index in [1.165, 1.54) is 24.3 Å². The third-order valence-corrected chi connectivity index (χ3v) is 3.01. The molecular formula is C13H8Cl2F3NO. The SMILES string of the molecule is FC(F)(F)c1ccccc1OCc1ccc(Cl)nc1Cl. The van der Waals surface area contributed by atoms with Crippen molar-refractivity contribution in [1.29, 1.82) is 0 Å². The second-order valence-corrected chi connectivity index (χ2v) is 4.61. The number of ether oxygens (including phenoxy) is 1. The fourth-order valence-corrected chi connectivity index (χ4v) is 1.93. The highest BCUT2D eigenvalue weighted by Gasteiger charge is 2.34. The van der Waals surface area contributed by atoms with Gasteiger partial charge < -0.3 is 4.74 Å². The van der Waals surface area contributed by atoms with E-state index in [0.29, 0.717) is 5.56 Å². The van der Waals surface area contributed by atoms with Crippen LogP contribution in [0.25, 0.3) is 0 Å². The molecule has 2 aromatic rings. The first-order chi connectivity index (χ1) is 9.38. The molecule has 0 fully saturated rings. The van der Waals surface area contributed by atoms with Crippen LogP contribution >= 0.6 is 23.2 Å². The number of hydrogen-bond donors (Lipinski definition) is 0. The van der Waals surface area contributed by atoms with Gasteiger partial charge in [0.25, 0.3) is 0 Å². The Morgan fingerprint density at radius 3 is 2.40 bits per heavy atom. The maximum Gasteiger partial charge on any atom is 0.419 e. The molecule has 1 heterocycles. The summed E-state index contributed by atoms with van der Waals surface area (Å²) in [5, 5.41) is 0.302. The van der Waals surface area contributed by atoms with Gasteiger partial charge in [0.15, 0.2) is 0 Å². The van der Waals surface area contributed by atoms with E-state index in [0.717, 1.165) is 6.07 Å². The minimum absolute atomic E-state index is 0.0991. The van der Waals surface area contributed by atoms with E-state index in [-0.39, 0.29) is 22.7 Å². The Balaban J connectivity index is 2.19. The number of halogens is 5. The Morgan fingerprint density at radius 1 is 1.05 bits per heavy atom.